The van der Waals surface area contributed by atoms with Crippen molar-refractivity contribution in [2.45, 2.75) is 18.9 Å². The van der Waals surface area contributed by atoms with Gasteiger partial charge in [0.25, 0.3) is 0 Å². The van der Waals surface area contributed by atoms with E-state index in [1.165, 1.54) is 0 Å². The van der Waals surface area contributed by atoms with Crippen LogP contribution in [0.3, 0.4) is 0 Å². The van der Waals surface area contributed by atoms with Gasteiger partial charge < -0.3 is 9.88 Å². The summed E-state index contributed by atoms with van der Waals surface area (Å²) in [5, 5.41) is 0. The average molecular weight is 344 g/mol. The third-order valence-corrected chi connectivity index (χ3v) is 4.25. The first-order valence-corrected chi connectivity index (χ1v) is 7.79. The molecule has 0 bridgehead atoms. The number of imidazole rings is 1. The second-order valence-corrected chi connectivity index (χ2v) is 6.11. The Labute approximate surface area is 130 Å². The van der Waals surface area contributed by atoms with Gasteiger partial charge in [-0.05, 0) is 40.9 Å². The average Bonchev–Trinajstić information content (AvgIpc) is 3.14. The number of aromatic amines is 1. The summed E-state index contributed by atoms with van der Waals surface area (Å²) in [6.07, 6.45) is 5.77. The first-order valence-electron chi connectivity index (χ1n) is 7.00. The smallest absolute Gasteiger partial charge is 0.225 e. The van der Waals surface area contributed by atoms with Crippen LogP contribution < -0.4 is 4.90 Å². The van der Waals surface area contributed by atoms with Crippen LogP contribution in [0.4, 0.5) is 5.95 Å². The summed E-state index contributed by atoms with van der Waals surface area (Å²) >= 11 is 3.38. The largest absolute Gasteiger partial charge is 0.340 e. The third-order valence-electron chi connectivity index (χ3n) is 3.84. The molecule has 106 valence electrons. The summed E-state index contributed by atoms with van der Waals surface area (Å²) in [5.74, 6) is 1.77. The van der Waals surface area contributed by atoms with Crippen molar-refractivity contribution in [3.8, 4) is 0 Å². The Morgan fingerprint density at radius 1 is 1.19 bits per heavy atom. The molecule has 3 aromatic rings. The van der Waals surface area contributed by atoms with Gasteiger partial charge in [0.15, 0.2) is 0 Å². The predicted octanol–water partition coefficient (Wildman–Crippen LogP) is 3.46. The minimum absolute atomic E-state index is 0.221. The number of hydrogen-bond acceptors (Lipinski definition) is 4. The fourth-order valence-electron chi connectivity index (χ4n) is 2.87. The minimum atomic E-state index is 0.221. The lowest BCUT2D eigenvalue weighted by Gasteiger charge is -2.22. The van der Waals surface area contributed by atoms with Gasteiger partial charge in [0, 0.05) is 18.9 Å². The fourth-order valence-corrected chi connectivity index (χ4v) is 3.08. The van der Waals surface area contributed by atoms with Crippen LogP contribution in [0.15, 0.2) is 41.1 Å². The molecule has 2 aromatic heterocycles. The Hall–Kier alpha value is -1.95. The molecule has 5 nitrogen and oxygen atoms in total. The molecular weight excluding hydrogens is 330 g/mol. The molecule has 0 spiro atoms. The van der Waals surface area contributed by atoms with Gasteiger partial charge in [0.2, 0.25) is 5.95 Å². The molecule has 4 rings (SSSR count). The molecule has 3 heterocycles. The Bertz CT molecular complexity index is 734. The number of aromatic nitrogens is 4. The highest BCUT2D eigenvalue weighted by Gasteiger charge is 2.30. The molecular formula is C15H14BrN5. The second-order valence-electron chi connectivity index (χ2n) is 5.19. The van der Waals surface area contributed by atoms with Crippen LogP contribution in [0.1, 0.15) is 24.7 Å². The number of H-pyrrole nitrogens is 1. The van der Waals surface area contributed by atoms with Crippen molar-refractivity contribution in [2.75, 3.05) is 11.4 Å². The van der Waals surface area contributed by atoms with Crippen LogP contribution >= 0.6 is 15.9 Å². The van der Waals surface area contributed by atoms with Crippen molar-refractivity contribution in [3.05, 3.63) is 47.0 Å². The number of para-hydroxylation sites is 2. The van der Waals surface area contributed by atoms with E-state index in [9.17, 15) is 0 Å². The molecule has 1 saturated heterocycles. The number of halogens is 1. The van der Waals surface area contributed by atoms with E-state index < -0.39 is 0 Å². The molecule has 21 heavy (non-hydrogen) atoms. The molecule has 0 amide bonds. The van der Waals surface area contributed by atoms with Gasteiger partial charge in [-0.2, -0.15) is 0 Å². The zero-order valence-corrected chi connectivity index (χ0v) is 12.9. The lowest BCUT2D eigenvalue weighted by atomic mass is 10.2. The van der Waals surface area contributed by atoms with Crippen molar-refractivity contribution >= 4 is 32.9 Å². The van der Waals surface area contributed by atoms with Gasteiger partial charge in [-0.1, -0.05) is 12.1 Å². The maximum atomic E-state index is 4.73. The molecule has 0 unspecified atom stereocenters. The highest BCUT2D eigenvalue weighted by atomic mass is 79.9. The monoisotopic (exact) mass is 343 g/mol. The molecule has 0 aliphatic carbocycles. The Balaban J connectivity index is 1.71. The number of nitrogens with zero attached hydrogens (tertiary/aromatic N) is 4. The number of fused-ring (bicyclic) bond motifs is 1. The van der Waals surface area contributed by atoms with Gasteiger partial charge in [0.05, 0.1) is 21.5 Å². The summed E-state index contributed by atoms with van der Waals surface area (Å²) in [6.45, 7) is 0.962. The molecule has 1 atom stereocenters. The highest BCUT2D eigenvalue weighted by molar-refractivity contribution is 9.10. The van der Waals surface area contributed by atoms with Gasteiger partial charge in [-0.15, -0.1) is 0 Å². The van der Waals surface area contributed by atoms with Crippen molar-refractivity contribution in [1.29, 1.82) is 0 Å². The molecule has 1 aliphatic heterocycles. The van der Waals surface area contributed by atoms with E-state index in [4.69, 9.17) is 4.98 Å². The van der Waals surface area contributed by atoms with Crippen LogP contribution in [0, 0.1) is 0 Å². The number of nitrogens with one attached hydrogen (secondary N) is 1. The molecule has 6 heteroatoms. The van der Waals surface area contributed by atoms with Crippen molar-refractivity contribution in [3.63, 3.8) is 0 Å². The van der Waals surface area contributed by atoms with Crippen LogP contribution in [0.5, 0.6) is 0 Å². The SMILES string of the molecule is Brc1cnc(N2CCC[C@@H]2c2nc3ccccc3[nH]2)nc1. The number of rotatable bonds is 2. The molecule has 1 aromatic carbocycles. The van der Waals surface area contributed by atoms with Gasteiger partial charge >= 0.3 is 0 Å². The van der Waals surface area contributed by atoms with E-state index in [2.05, 4.69) is 41.8 Å². The lowest BCUT2D eigenvalue weighted by Crippen LogP contribution is -2.25. The molecule has 0 saturated carbocycles. The summed E-state index contributed by atoms with van der Waals surface area (Å²) < 4.78 is 0.894. The molecule has 1 fully saturated rings. The maximum absolute atomic E-state index is 4.73. The first-order chi connectivity index (χ1) is 10.3. The summed E-state index contributed by atoms with van der Waals surface area (Å²) in [6, 6.07) is 8.34. The van der Waals surface area contributed by atoms with Crippen molar-refractivity contribution in [1.82, 2.24) is 19.9 Å². The summed E-state index contributed by atoms with van der Waals surface area (Å²) in [5.41, 5.74) is 2.09. The number of anilines is 1. The Morgan fingerprint density at radius 3 is 2.81 bits per heavy atom. The predicted molar refractivity (Wildman–Crippen MR) is 85.1 cm³/mol. The fraction of sp³-hybridized carbons (Fsp3) is 0.267. The molecule has 0 radical (unpaired) electrons. The zero-order valence-electron chi connectivity index (χ0n) is 11.3. The van der Waals surface area contributed by atoms with E-state index >= 15 is 0 Å². The van der Waals surface area contributed by atoms with E-state index in [1.807, 2.05) is 18.2 Å². The van der Waals surface area contributed by atoms with Crippen LogP contribution in [0.25, 0.3) is 11.0 Å². The van der Waals surface area contributed by atoms with E-state index in [0.29, 0.717) is 0 Å². The first kappa shape index (κ1) is 12.8. The van der Waals surface area contributed by atoms with Gasteiger partial charge in [0.1, 0.15) is 5.82 Å². The van der Waals surface area contributed by atoms with E-state index in [0.717, 1.165) is 46.7 Å². The molecule has 1 aliphatic rings. The van der Waals surface area contributed by atoms with Crippen molar-refractivity contribution < 1.29 is 0 Å². The van der Waals surface area contributed by atoms with Crippen LogP contribution in [-0.2, 0) is 0 Å². The van der Waals surface area contributed by atoms with Gasteiger partial charge in [-0.3, -0.25) is 0 Å². The summed E-state index contributed by atoms with van der Waals surface area (Å²) in [7, 11) is 0. The third kappa shape index (κ3) is 2.29. The number of hydrogen-bond donors (Lipinski definition) is 1. The van der Waals surface area contributed by atoms with E-state index in [-0.39, 0.29) is 6.04 Å². The minimum Gasteiger partial charge on any atom is -0.340 e. The lowest BCUT2D eigenvalue weighted by molar-refractivity contribution is 0.665. The quantitative estimate of drug-likeness (QED) is 0.774. The van der Waals surface area contributed by atoms with Crippen LogP contribution in [0.2, 0.25) is 0 Å². The standard InChI is InChI=1S/C15H14BrN5/c16-10-8-17-15(18-9-10)21-7-3-6-13(21)14-19-11-4-1-2-5-12(11)20-14/h1-2,4-5,8-9,13H,3,6-7H2,(H,19,20)/t13-/m1/s1. The normalized spacial score (nSPS) is 18.5. The maximum Gasteiger partial charge on any atom is 0.225 e. The highest BCUT2D eigenvalue weighted by Crippen LogP contribution is 2.33. The zero-order chi connectivity index (χ0) is 14.2. The topological polar surface area (TPSA) is 57.7 Å². The van der Waals surface area contributed by atoms with Gasteiger partial charge in [-0.25, -0.2) is 15.0 Å². The van der Waals surface area contributed by atoms with E-state index in [1.54, 1.807) is 12.4 Å². The second kappa shape index (κ2) is 5.11. The Kier molecular flexibility index (Phi) is 3.11. The van der Waals surface area contributed by atoms with Crippen molar-refractivity contribution in [2.24, 2.45) is 0 Å². The van der Waals surface area contributed by atoms with Crippen LogP contribution in [-0.4, -0.2) is 26.5 Å². The number of benzene rings is 1. The summed E-state index contributed by atoms with van der Waals surface area (Å²) in [4.78, 5) is 19.2. The molecule has 1 N–H and O–H groups in total. The Morgan fingerprint density at radius 2 is 2.00 bits per heavy atom.